The minimum atomic E-state index is -3.20. The number of hydrogen-bond donors (Lipinski definition) is 2. The van der Waals surface area contributed by atoms with Crippen molar-refractivity contribution in [3.05, 3.63) is 24.5 Å². The number of hydrogen-bond acceptors (Lipinski definition) is 16. The standard InChI is InChI=1S/C40H60FN7O10S/c1-12-28-40(8)31(48(37(53)58-40)16-14-13-15-47-20-25(44-45-47)27-19-43-36(42)59-27)23(4)29(49)21(2)18-38(6,54-11)33(24(5)32(51)39(7,41)35(52)56-28)57-34-30(50)26(46(9)10)17-22(3)55-34/h13-14,19-24,26,28,30-31,33-34,50H,12,15-18H2,1-11H3,(H2,42,43)/b14-13+/t21-,22-,23+,24+,26?,28-,30?,31-,33-,34+,38-,39+,40-/m1/s1. The number of rotatable bonds is 10. The molecule has 59 heavy (non-hydrogen) atoms. The van der Waals surface area contributed by atoms with E-state index in [1.54, 1.807) is 63.8 Å². The molecule has 3 aliphatic heterocycles. The minimum absolute atomic E-state index is 0.00100. The number of carbonyl (C=O) groups is 4. The molecule has 0 spiro atoms. The van der Waals surface area contributed by atoms with Gasteiger partial charge in [0.25, 0.3) is 5.67 Å². The van der Waals surface area contributed by atoms with E-state index in [0.29, 0.717) is 23.8 Å². The number of ketones is 2. The summed E-state index contributed by atoms with van der Waals surface area (Å²) in [4.78, 5) is 64.6. The molecule has 17 nitrogen and oxygen atoms in total. The average Bonchev–Trinajstić information content (AvgIpc) is 3.90. The van der Waals surface area contributed by atoms with Crippen molar-refractivity contribution in [1.29, 1.82) is 0 Å². The van der Waals surface area contributed by atoms with Gasteiger partial charge in [0.1, 0.15) is 23.7 Å². The molecule has 2 unspecified atom stereocenters. The number of nitrogen functional groups attached to an aromatic ring is 1. The van der Waals surface area contributed by atoms with Gasteiger partial charge in [-0.25, -0.2) is 23.6 Å². The Hall–Kier alpha value is -3.88. The Morgan fingerprint density at radius 2 is 1.78 bits per heavy atom. The first-order chi connectivity index (χ1) is 27.6. The quantitative estimate of drug-likeness (QED) is 0.198. The molecule has 2 aromatic rings. The molecule has 0 aliphatic carbocycles. The first kappa shape index (κ1) is 46.2. The van der Waals surface area contributed by atoms with Crippen LogP contribution in [0.2, 0.25) is 0 Å². The van der Waals surface area contributed by atoms with Crippen LogP contribution in [-0.4, -0.2) is 146 Å². The van der Waals surface area contributed by atoms with Crippen molar-refractivity contribution in [2.24, 2.45) is 17.8 Å². The topological polar surface area (TPSA) is 211 Å². The number of anilines is 1. The smallest absolute Gasteiger partial charge is 0.411 e. The fourth-order valence-corrected chi connectivity index (χ4v) is 9.58. The lowest BCUT2D eigenvalue weighted by molar-refractivity contribution is -0.295. The van der Waals surface area contributed by atoms with E-state index >= 15 is 4.39 Å². The van der Waals surface area contributed by atoms with Crippen LogP contribution in [0, 0.1) is 17.8 Å². The number of fused-ring (bicyclic) bond motifs is 1. The van der Waals surface area contributed by atoms with Gasteiger partial charge in [0, 0.05) is 43.6 Å². The van der Waals surface area contributed by atoms with Crippen molar-refractivity contribution < 1.29 is 52.4 Å². The second-order valence-corrected chi connectivity index (χ2v) is 18.0. The van der Waals surface area contributed by atoms with Gasteiger partial charge < -0.3 is 39.4 Å². The number of aliphatic hydroxyl groups excluding tert-OH is 1. The summed E-state index contributed by atoms with van der Waals surface area (Å²) in [6.07, 6.45) is 1.25. The molecule has 3 saturated heterocycles. The number of aromatic nitrogens is 4. The zero-order valence-corrected chi connectivity index (χ0v) is 36.6. The van der Waals surface area contributed by atoms with Crippen molar-refractivity contribution in [1.82, 2.24) is 29.8 Å². The van der Waals surface area contributed by atoms with Crippen LogP contribution in [0.1, 0.15) is 74.7 Å². The molecule has 0 saturated carbocycles. The number of alkyl halides is 1. The summed E-state index contributed by atoms with van der Waals surface area (Å²) in [5, 5.41) is 20.1. The van der Waals surface area contributed by atoms with Gasteiger partial charge in [-0.05, 0) is 61.1 Å². The van der Waals surface area contributed by atoms with Gasteiger partial charge in [0.05, 0.1) is 41.5 Å². The molecule has 3 N–H and O–H groups in total. The Morgan fingerprint density at radius 3 is 2.39 bits per heavy atom. The summed E-state index contributed by atoms with van der Waals surface area (Å²) in [5.74, 6) is -5.97. The second-order valence-electron chi connectivity index (χ2n) is 16.9. The first-order valence-corrected chi connectivity index (χ1v) is 20.9. The number of carbonyl (C=O) groups excluding carboxylic acids is 4. The van der Waals surface area contributed by atoms with E-state index in [1.165, 1.54) is 30.3 Å². The molecule has 5 heterocycles. The van der Waals surface area contributed by atoms with E-state index < -0.39 is 83.1 Å². The fourth-order valence-electron chi connectivity index (χ4n) is 8.95. The van der Waals surface area contributed by atoms with Crippen LogP contribution < -0.4 is 5.73 Å². The van der Waals surface area contributed by atoms with Crippen LogP contribution in [0.4, 0.5) is 14.3 Å². The predicted octanol–water partition coefficient (Wildman–Crippen LogP) is 3.84. The molecule has 2 aromatic heterocycles. The number of amides is 1. The Labute approximate surface area is 348 Å². The van der Waals surface area contributed by atoms with Crippen molar-refractivity contribution in [2.45, 2.75) is 141 Å². The fraction of sp³-hybridized carbons (Fsp3) is 0.725. The lowest BCUT2D eigenvalue weighted by Crippen LogP contribution is -2.61. The van der Waals surface area contributed by atoms with Gasteiger partial charge >= 0.3 is 12.1 Å². The molecule has 13 atom stereocenters. The highest BCUT2D eigenvalue weighted by Crippen LogP contribution is 2.43. The zero-order valence-electron chi connectivity index (χ0n) is 35.8. The van der Waals surface area contributed by atoms with E-state index in [-0.39, 0.29) is 37.3 Å². The number of aliphatic hydroxyl groups is 1. The minimum Gasteiger partial charge on any atom is -0.455 e. The molecule has 5 rings (SSSR count). The summed E-state index contributed by atoms with van der Waals surface area (Å²) in [6, 6.07) is -1.37. The van der Waals surface area contributed by atoms with Crippen molar-refractivity contribution in [3.8, 4) is 10.6 Å². The number of nitrogens with zero attached hydrogens (tertiary/aromatic N) is 6. The average molecular weight is 850 g/mol. The molecule has 3 fully saturated rings. The summed E-state index contributed by atoms with van der Waals surface area (Å²) < 4.78 is 48.9. The lowest BCUT2D eigenvalue weighted by Gasteiger charge is -2.47. The van der Waals surface area contributed by atoms with E-state index in [9.17, 15) is 24.3 Å². The number of nitrogens with two attached hydrogens (primary N) is 1. The summed E-state index contributed by atoms with van der Waals surface area (Å²) in [5.41, 5.74) is 0.0480. The maximum atomic E-state index is 16.9. The zero-order chi connectivity index (χ0) is 43.8. The molecular formula is C40H60FN7O10S. The number of ether oxygens (including phenoxy) is 5. The van der Waals surface area contributed by atoms with Crippen LogP contribution in [0.3, 0.4) is 0 Å². The monoisotopic (exact) mass is 849 g/mol. The van der Waals surface area contributed by atoms with Crippen molar-refractivity contribution >= 4 is 40.1 Å². The van der Waals surface area contributed by atoms with Crippen LogP contribution in [0.5, 0.6) is 0 Å². The summed E-state index contributed by atoms with van der Waals surface area (Å²) in [7, 11) is 5.02. The van der Waals surface area contributed by atoms with Crippen molar-refractivity contribution in [2.75, 3.05) is 33.5 Å². The summed E-state index contributed by atoms with van der Waals surface area (Å²) in [6.45, 7) is 12.6. The maximum absolute atomic E-state index is 16.9. The number of cyclic esters (lactones) is 1. The van der Waals surface area contributed by atoms with E-state index in [0.717, 1.165) is 11.8 Å². The third-order valence-electron chi connectivity index (χ3n) is 12.3. The molecule has 328 valence electrons. The number of Topliss-reactive ketones (excluding diaryl/α,β-unsaturated/α-hetero) is 2. The van der Waals surface area contributed by atoms with Crippen LogP contribution in [-0.2, 0) is 44.6 Å². The van der Waals surface area contributed by atoms with Crippen LogP contribution in [0.15, 0.2) is 24.5 Å². The molecule has 0 bridgehead atoms. The lowest BCUT2D eigenvalue weighted by atomic mass is 9.73. The molecular weight excluding hydrogens is 790 g/mol. The predicted molar refractivity (Wildman–Crippen MR) is 215 cm³/mol. The van der Waals surface area contributed by atoms with Gasteiger partial charge in [-0.1, -0.05) is 56.4 Å². The number of methoxy groups -OCH3 is 1. The normalized spacial score (nSPS) is 37.8. The number of allylic oxidation sites excluding steroid dienone is 1. The Balaban J connectivity index is 1.49. The Bertz CT molecular complexity index is 1870. The number of esters is 1. The van der Waals surface area contributed by atoms with Crippen molar-refractivity contribution in [3.63, 3.8) is 0 Å². The van der Waals surface area contributed by atoms with E-state index in [4.69, 9.17) is 29.4 Å². The molecule has 19 heteroatoms. The Kier molecular flexibility index (Phi) is 14.1. The maximum Gasteiger partial charge on any atom is 0.411 e. The van der Waals surface area contributed by atoms with E-state index in [2.05, 4.69) is 15.3 Å². The number of likely N-dealkylation sites (N-methyl/N-ethyl adjacent to an activating group) is 1. The van der Waals surface area contributed by atoms with Gasteiger partial charge in [0.15, 0.2) is 22.8 Å². The van der Waals surface area contributed by atoms with Gasteiger partial charge in [-0.3, -0.25) is 14.5 Å². The third kappa shape index (κ3) is 9.24. The first-order valence-electron chi connectivity index (χ1n) is 20.0. The van der Waals surface area contributed by atoms with Gasteiger partial charge in [0.2, 0.25) is 0 Å². The second kappa shape index (κ2) is 18.0. The van der Waals surface area contributed by atoms with E-state index in [1.807, 2.05) is 25.9 Å². The highest BCUT2D eigenvalue weighted by Gasteiger charge is 2.61. The molecule has 0 aromatic carbocycles. The number of thiazole rings is 1. The molecule has 3 aliphatic rings. The highest BCUT2D eigenvalue weighted by atomic mass is 32.1. The molecule has 1 amide bonds. The van der Waals surface area contributed by atoms with Crippen LogP contribution in [0.25, 0.3) is 10.6 Å². The van der Waals surface area contributed by atoms with Gasteiger partial charge in [-0.2, -0.15) is 0 Å². The Morgan fingerprint density at radius 1 is 1.10 bits per heavy atom. The van der Waals surface area contributed by atoms with Crippen LogP contribution >= 0.6 is 11.3 Å². The largest absolute Gasteiger partial charge is 0.455 e. The number of halogens is 1. The highest BCUT2D eigenvalue weighted by molar-refractivity contribution is 7.18. The molecule has 0 radical (unpaired) electrons. The third-order valence-corrected chi connectivity index (χ3v) is 13.1. The SMILES string of the molecule is CC[C@H]1OC(=O)[C@@](C)(F)C(=O)[C@H](C)[C@@H](O[C@@H]2O[C@H](C)CC(N(C)C)C2O)[C@](C)(OC)C[C@@H](C)C(=O)[C@H](C)[C@H]2N(C/C=C/Cn3cc(-c4cnc(N)s4)nn3)C(=O)O[C@]12C. The van der Waals surface area contributed by atoms with Gasteiger partial charge in [-0.15, -0.1) is 5.10 Å². The summed E-state index contributed by atoms with van der Waals surface area (Å²) >= 11 is 1.28.